The Morgan fingerprint density at radius 2 is 2.00 bits per heavy atom. The summed E-state index contributed by atoms with van der Waals surface area (Å²) < 4.78 is 5.61. The highest BCUT2D eigenvalue weighted by molar-refractivity contribution is 4.68. The zero-order valence-corrected chi connectivity index (χ0v) is 8.18. The zero-order valence-electron chi connectivity index (χ0n) is 8.18. The van der Waals surface area contributed by atoms with Crippen LogP contribution in [0, 0.1) is 0 Å². The first kappa shape index (κ1) is 10.9. The summed E-state index contributed by atoms with van der Waals surface area (Å²) in [7, 11) is 0. The summed E-state index contributed by atoms with van der Waals surface area (Å²) in [6, 6.07) is 0.145. The van der Waals surface area contributed by atoms with Gasteiger partial charge in [0, 0.05) is 6.04 Å². The molecule has 0 aromatic carbocycles. The van der Waals surface area contributed by atoms with Gasteiger partial charge in [-0.05, 0) is 27.2 Å². The third-order valence-corrected chi connectivity index (χ3v) is 1.59. The maximum Gasteiger partial charge on any atom is 0.0627 e. The van der Waals surface area contributed by atoms with E-state index in [0.717, 1.165) is 12.8 Å². The van der Waals surface area contributed by atoms with E-state index >= 15 is 0 Å². The highest BCUT2D eigenvalue weighted by Gasteiger charge is 2.16. The van der Waals surface area contributed by atoms with Gasteiger partial charge in [-0.15, -0.1) is 0 Å². The van der Waals surface area contributed by atoms with Crippen LogP contribution in [0.2, 0.25) is 0 Å². The Balaban J connectivity index is 3.54. The predicted octanol–water partition coefficient (Wildman–Crippen LogP) is 1.93. The van der Waals surface area contributed by atoms with E-state index < -0.39 is 0 Å². The van der Waals surface area contributed by atoms with Gasteiger partial charge < -0.3 is 10.5 Å². The van der Waals surface area contributed by atoms with Gasteiger partial charge in [-0.3, -0.25) is 0 Å². The molecule has 2 heteroatoms. The minimum absolute atomic E-state index is 0.00236. The van der Waals surface area contributed by atoms with E-state index in [1.54, 1.807) is 0 Å². The van der Waals surface area contributed by atoms with Crippen LogP contribution in [0.4, 0.5) is 0 Å². The molecule has 0 amide bonds. The van der Waals surface area contributed by atoms with Crippen LogP contribution in [0.1, 0.15) is 40.5 Å². The molecular weight excluding hydrogens is 138 g/mol. The second kappa shape index (κ2) is 4.73. The number of hydrogen-bond acceptors (Lipinski definition) is 2. The molecule has 0 spiro atoms. The second-order valence-corrected chi connectivity index (χ2v) is 3.80. The lowest BCUT2D eigenvalue weighted by atomic mass is 10.0. The summed E-state index contributed by atoms with van der Waals surface area (Å²) in [5.41, 5.74) is 5.57. The van der Waals surface area contributed by atoms with Crippen LogP contribution in [0.25, 0.3) is 0 Å². The molecule has 2 N–H and O–H groups in total. The first-order valence-corrected chi connectivity index (χ1v) is 4.37. The Labute approximate surface area is 70.1 Å². The van der Waals surface area contributed by atoms with Crippen molar-refractivity contribution in [2.75, 3.05) is 6.61 Å². The fourth-order valence-electron chi connectivity index (χ4n) is 1.03. The smallest absolute Gasteiger partial charge is 0.0627 e. The molecule has 0 saturated carbocycles. The van der Waals surface area contributed by atoms with Gasteiger partial charge in [0.15, 0.2) is 0 Å². The van der Waals surface area contributed by atoms with Crippen molar-refractivity contribution in [2.45, 2.75) is 52.2 Å². The molecule has 2 nitrogen and oxygen atoms in total. The first-order valence-electron chi connectivity index (χ1n) is 4.37. The van der Waals surface area contributed by atoms with Gasteiger partial charge in [-0.2, -0.15) is 0 Å². The fraction of sp³-hybridized carbons (Fsp3) is 1.00. The molecule has 0 aromatic heterocycles. The summed E-state index contributed by atoms with van der Waals surface area (Å²) in [6.45, 7) is 9.00. The van der Waals surface area contributed by atoms with E-state index in [1.165, 1.54) is 0 Å². The van der Waals surface area contributed by atoms with Crippen molar-refractivity contribution in [2.24, 2.45) is 5.73 Å². The molecule has 1 atom stereocenters. The Morgan fingerprint density at radius 3 is 2.36 bits per heavy atom. The van der Waals surface area contributed by atoms with E-state index in [0.29, 0.717) is 6.61 Å². The monoisotopic (exact) mass is 159 g/mol. The van der Waals surface area contributed by atoms with Gasteiger partial charge in [0.05, 0.1) is 12.2 Å². The lowest BCUT2D eigenvalue weighted by molar-refractivity contribution is -0.0283. The molecule has 0 saturated heterocycles. The van der Waals surface area contributed by atoms with Crippen molar-refractivity contribution in [1.82, 2.24) is 0 Å². The highest BCUT2D eigenvalue weighted by atomic mass is 16.5. The van der Waals surface area contributed by atoms with Gasteiger partial charge in [-0.25, -0.2) is 0 Å². The lowest BCUT2D eigenvalue weighted by Gasteiger charge is -2.25. The molecule has 0 bridgehead atoms. The van der Waals surface area contributed by atoms with Gasteiger partial charge in [-0.1, -0.05) is 13.3 Å². The van der Waals surface area contributed by atoms with E-state index in [-0.39, 0.29) is 11.6 Å². The van der Waals surface area contributed by atoms with Crippen LogP contribution in [0.15, 0.2) is 0 Å². The molecule has 0 rings (SSSR count). The summed E-state index contributed by atoms with van der Waals surface area (Å²) >= 11 is 0. The molecule has 68 valence electrons. The third-order valence-electron chi connectivity index (χ3n) is 1.59. The summed E-state index contributed by atoms with van der Waals surface area (Å²) in [4.78, 5) is 0. The van der Waals surface area contributed by atoms with Crippen molar-refractivity contribution in [3.8, 4) is 0 Å². The SMILES string of the molecule is CCCC(C)(C)OCC(C)N. The largest absolute Gasteiger partial charge is 0.374 e. The van der Waals surface area contributed by atoms with Crippen molar-refractivity contribution >= 4 is 0 Å². The number of nitrogens with two attached hydrogens (primary N) is 1. The highest BCUT2D eigenvalue weighted by Crippen LogP contribution is 2.15. The van der Waals surface area contributed by atoms with E-state index in [1.807, 2.05) is 6.92 Å². The van der Waals surface area contributed by atoms with Crippen molar-refractivity contribution < 1.29 is 4.74 Å². The Morgan fingerprint density at radius 1 is 1.45 bits per heavy atom. The Bertz CT molecular complexity index is 99.7. The fourth-order valence-corrected chi connectivity index (χ4v) is 1.03. The molecule has 1 unspecified atom stereocenters. The van der Waals surface area contributed by atoms with E-state index in [2.05, 4.69) is 20.8 Å². The molecule has 11 heavy (non-hydrogen) atoms. The average Bonchev–Trinajstić information content (AvgIpc) is 1.84. The van der Waals surface area contributed by atoms with E-state index in [9.17, 15) is 0 Å². The second-order valence-electron chi connectivity index (χ2n) is 3.80. The predicted molar refractivity (Wildman–Crippen MR) is 48.6 cm³/mol. The van der Waals surface area contributed by atoms with Gasteiger partial charge in [0.2, 0.25) is 0 Å². The third kappa shape index (κ3) is 6.32. The van der Waals surface area contributed by atoms with Gasteiger partial charge >= 0.3 is 0 Å². The van der Waals surface area contributed by atoms with Gasteiger partial charge in [0.1, 0.15) is 0 Å². The van der Waals surface area contributed by atoms with Crippen LogP contribution in [-0.2, 0) is 4.74 Å². The molecule has 0 aromatic rings. The van der Waals surface area contributed by atoms with Crippen molar-refractivity contribution in [1.29, 1.82) is 0 Å². The average molecular weight is 159 g/mol. The molecule has 0 aliphatic heterocycles. The van der Waals surface area contributed by atoms with Crippen LogP contribution >= 0.6 is 0 Å². The summed E-state index contributed by atoms with van der Waals surface area (Å²) in [5.74, 6) is 0. The number of rotatable bonds is 5. The van der Waals surface area contributed by atoms with Crippen LogP contribution in [0.5, 0.6) is 0 Å². The molecule has 0 fully saturated rings. The molecular formula is C9H21NO. The minimum Gasteiger partial charge on any atom is -0.374 e. The maximum atomic E-state index is 5.61. The summed E-state index contributed by atoms with van der Waals surface area (Å²) in [5, 5.41) is 0. The van der Waals surface area contributed by atoms with Crippen LogP contribution < -0.4 is 5.73 Å². The lowest BCUT2D eigenvalue weighted by Crippen LogP contribution is -2.31. The van der Waals surface area contributed by atoms with E-state index in [4.69, 9.17) is 10.5 Å². The molecule has 0 aliphatic rings. The van der Waals surface area contributed by atoms with Gasteiger partial charge in [0.25, 0.3) is 0 Å². The normalized spacial score (nSPS) is 15.0. The minimum atomic E-state index is 0.00236. The summed E-state index contributed by atoms with van der Waals surface area (Å²) in [6.07, 6.45) is 2.26. The van der Waals surface area contributed by atoms with Crippen molar-refractivity contribution in [3.05, 3.63) is 0 Å². The first-order chi connectivity index (χ1) is 4.98. The maximum absolute atomic E-state index is 5.61. The van der Waals surface area contributed by atoms with Crippen LogP contribution in [0.3, 0.4) is 0 Å². The number of hydrogen-bond donors (Lipinski definition) is 1. The zero-order chi connectivity index (χ0) is 8.91. The molecule has 0 radical (unpaired) electrons. The van der Waals surface area contributed by atoms with Crippen LogP contribution in [-0.4, -0.2) is 18.2 Å². The quantitative estimate of drug-likeness (QED) is 0.665. The number of ether oxygens (including phenoxy) is 1. The Hall–Kier alpha value is -0.0800. The topological polar surface area (TPSA) is 35.2 Å². The Kier molecular flexibility index (Phi) is 4.69. The van der Waals surface area contributed by atoms with Crippen molar-refractivity contribution in [3.63, 3.8) is 0 Å². The standard InChI is InChI=1S/C9H21NO/c1-5-6-9(3,4)11-7-8(2)10/h8H,5-7,10H2,1-4H3. The molecule has 0 heterocycles. The molecule has 0 aliphatic carbocycles.